The van der Waals surface area contributed by atoms with Crippen molar-refractivity contribution < 1.29 is 27.5 Å². The molecule has 0 aliphatic rings. The highest BCUT2D eigenvalue weighted by Crippen LogP contribution is 2.10. The van der Waals surface area contributed by atoms with Gasteiger partial charge in [0, 0.05) is 19.8 Å². The Morgan fingerprint density at radius 3 is 1.38 bits per heavy atom. The smallest absolute Gasteiger partial charge is 0.497 e. The van der Waals surface area contributed by atoms with E-state index in [1.807, 2.05) is 41.5 Å². The fourth-order valence-corrected chi connectivity index (χ4v) is 4.08. The molecule has 0 fully saturated rings. The summed E-state index contributed by atoms with van der Waals surface area (Å²) >= 11 is 0. The second-order valence-corrected chi connectivity index (χ2v) is 7.64. The van der Waals surface area contributed by atoms with Gasteiger partial charge < -0.3 is 27.5 Å². The molecule has 0 aromatic carbocycles. The zero-order chi connectivity index (χ0) is 18.8. The van der Waals surface area contributed by atoms with Crippen molar-refractivity contribution in [3.05, 3.63) is 23.6 Å². The molecule has 8 heteroatoms. The van der Waals surface area contributed by atoms with E-state index in [0.717, 1.165) is 15.6 Å². The van der Waals surface area contributed by atoms with Crippen LogP contribution >= 0.6 is 0 Å². The average Bonchev–Trinajstić information content (AvgIpc) is 2.56. The predicted octanol–water partition coefficient (Wildman–Crippen LogP) is 2.35. The number of hydrogen-bond acceptors (Lipinski definition) is 6. The van der Waals surface area contributed by atoms with Gasteiger partial charge >= 0.3 is 14.7 Å². The molecule has 0 bridgehead atoms. The van der Waals surface area contributed by atoms with Crippen molar-refractivity contribution in [2.45, 2.75) is 41.5 Å². The maximum Gasteiger partial charge on any atom is 0.528 e. The largest absolute Gasteiger partial charge is 0.528 e. The van der Waals surface area contributed by atoms with Crippen LogP contribution in [-0.2, 0) is 27.5 Å². The summed E-state index contributed by atoms with van der Waals surface area (Å²) in [5, 5.41) is 0.848. The lowest BCUT2D eigenvalue weighted by Crippen LogP contribution is -2.44. The molecule has 6 nitrogen and oxygen atoms in total. The lowest BCUT2D eigenvalue weighted by molar-refractivity contribution is 0.0288. The van der Waals surface area contributed by atoms with Crippen molar-refractivity contribution in [2.75, 3.05) is 39.6 Å². The third kappa shape index (κ3) is 11.7. The summed E-state index contributed by atoms with van der Waals surface area (Å²) in [5.41, 5.74) is 1.67. The molecule has 24 heavy (non-hydrogen) atoms. The Balaban J connectivity index is 0. The third-order valence-electron chi connectivity index (χ3n) is 2.49. The molecule has 0 unspecified atom stereocenters. The summed E-state index contributed by atoms with van der Waals surface area (Å²) in [4.78, 5) is 0. The first-order valence-electron chi connectivity index (χ1n) is 8.65. The van der Waals surface area contributed by atoms with Crippen LogP contribution in [0.15, 0.2) is 23.6 Å². The lowest BCUT2D eigenvalue weighted by Gasteiger charge is -2.24. The monoisotopic (exact) mass is 380 g/mol. The molecule has 144 valence electrons. The Kier molecular flexibility index (Phi) is 18.0. The van der Waals surface area contributed by atoms with Crippen molar-refractivity contribution >= 4 is 19.0 Å². The highest BCUT2D eigenvalue weighted by Gasteiger charge is 2.36. The van der Waals surface area contributed by atoms with Gasteiger partial charge in [-0.25, -0.2) is 0 Å². The Bertz CT molecular complexity index is 312. The summed E-state index contributed by atoms with van der Waals surface area (Å²) in [6, 6.07) is 0. The molecule has 0 aromatic heterocycles. The second-order valence-electron chi connectivity index (χ2n) is 4.25. The van der Waals surface area contributed by atoms with E-state index >= 15 is 0 Å². The molecule has 0 N–H and O–H groups in total. The van der Waals surface area contributed by atoms with Crippen LogP contribution in [0.25, 0.3) is 0 Å². The minimum atomic E-state index is -2.51. The van der Waals surface area contributed by atoms with E-state index in [1.165, 1.54) is 0 Å². The van der Waals surface area contributed by atoms with E-state index in [-0.39, 0.29) is 0 Å². The summed E-state index contributed by atoms with van der Waals surface area (Å²) in [5.74, 6) is 0.563. The van der Waals surface area contributed by atoms with Crippen LogP contribution in [0.1, 0.15) is 41.5 Å². The topological polar surface area (TPSA) is 55.4 Å². The van der Waals surface area contributed by atoms with Gasteiger partial charge in [0.1, 0.15) is 5.38 Å². The molecule has 0 saturated carbocycles. The van der Waals surface area contributed by atoms with Crippen molar-refractivity contribution in [2.24, 2.45) is 0 Å². The SMILES string of the molecule is C=C[Si](OCC)(OCC)OCC.CCOC([SiH3])=C(OCC)OCC. The Morgan fingerprint density at radius 1 is 0.750 bits per heavy atom. The Labute approximate surface area is 151 Å². The van der Waals surface area contributed by atoms with E-state index in [0.29, 0.717) is 45.6 Å². The summed E-state index contributed by atoms with van der Waals surface area (Å²) in [6.07, 6.45) is 0. The maximum atomic E-state index is 5.44. The van der Waals surface area contributed by atoms with Crippen LogP contribution < -0.4 is 0 Å². The summed E-state index contributed by atoms with van der Waals surface area (Å²) in [6.45, 7) is 18.9. The quantitative estimate of drug-likeness (QED) is 0.361. The van der Waals surface area contributed by atoms with Gasteiger partial charge in [-0.3, -0.25) is 0 Å². The zero-order valence-electron chi connectivity index (χ0n) is 16.5. The van der Waals surface area contributed by atoms with Gasteiger partial charge in [-0.05, 0) is 47.2 Å². The standard InChI is InChI=1S/2C8H18O3Si/c1-5-9-12(8-4,10-6-2)11-7-3;1-4-9-7(10-5-2)8(12)11-6-3/h8H,4-7H2,1-3H3;4-6H2,1-3,12H3. The van der Waals surface area contributed by atoms with E-state index in [4.69, 9.17) is 27.5 Å². The lowest BCUT2D eigenvalue weighted by atomic mass is 10.8. The van der Waals surface area contributed by atoms with Gasteiger partial charge in [0.15, 0.2) is 0 Å². The van der Waals surface area contributed by atoms with E-state index in [2.05, 4.69) is 6.58 Å². The Hall–Kier alpha value is -0.806. The van der Waals surface area contributed by atoms with Crippen molar-refractivity contribution in [1.82, 2.24) is 0 Å². The van der Waals surface area contributed by atoms with Crippen LogP contribution in [0.2, 0.25) is 0 Å². The third-order valence-corrected chi connectivity index (χ3v) is 5.76. The first-order chi connectivity index (χ1) is 11.5. The van der Waals surface area contributed by atoms with E-state index in [9.17, 15) is 0 Å². The van der Waals surface area contributed by atoms with E-state index in [1.54, 1.807) is 5.70 Å². The molecular formula is C16H36O6Si2. The van der Waals surface area contributed by atoms with Crippen LogP contribution in [0.3, 0.4) is 0 Å². The number of ether oxygens (including phenoxy) is 3. The van der Waals surface area contributed by atoms with Gasteiger partial charge in [0.05, 0.1) is 30.1 Å². The van der Waals surface area contributed by atoms with Crippen molar-refractivity contribution in [1.29, 1.82) is 0 Å². The van der Waals surface area contributed by atoms with Crippen molar-refractivity contribution in [3.63, 3.8) is 0 Å². The normalized spacial score (nSPS) is 10.4. The molecule has 0 saturated heterocycles. The molecular weight excluding hydrogens is 344 g/mol. The highest BCUT2D eigenvalue weighted by molar-refractivity contribution is 6.66. The summed E-state index contributed by atoms with van der Waals surface area (Å²) in [7, 11) is -1.69. The van der Waals surface area contributed by atoms with Gasteiger partial charge in [-0.15, -0.1) is 0 Å². The molecule has 0 rings (SSSR count). The number of hydrogen-bond donors (Lipinski definition) is 0. The van der Waals surface area contributed by atoms with Gasteiger partial charge in [-0.2, -0.15) is 0 Å². The fraction of sp³-hybridized carbons (Fsp3) is 0.750. The first kappa shape index (κ1) is 25.4. The minimum absolute atomic E-state index is 0.563. The van der Waals surface area contributed by atoms with Gasteiger partial charge in [-0.1, -0.05) is 6.58 Å². The molecule has 0 aliphatic carbocycles. The fourth-order valence-electron chi connectivity index (χ4n) is 1.69. The number of rotatable bonds is 13. The molecule has 0 atom stereocenters. The first-order valence-corrected chi connectivity index (χ1v) is 11.4. The maximum absolute atomic E-state index is 5.44. The molecule has 0 spiro atoms. The Morgan fingerprint density at radius 2 is 1.12 bits per heavy atom. The molecule has 0 aliphatic heterocycles. The predicted molar refractivity (Wildman–Crippen MR) is 103 cm³/mol. The van der Waals surface area contributed by atoms with E-state index < -0.39 is 8.80 Å². The summed E-state index contributed by atoms with van der Waals surface area (Å²) < 4.78 is 32.1. The molecule has 0 heterocycles. The van der Waals surface area contributed by atoms with Crippen LogP contribution in [0, 0.1) is 0 Å². The van der Waals surface area contributed by atoms with Crippen LogP contribution in [-0.4, -0.2) is 58.7 Å². The average molecular weight is 381 g/mol. The zero-order valence-corrected chi connectivity index (χ0v) is 19.5. The highest BCUT2D eigenvalue weighted by atomic mass is 28.4. The van der Waals surface area contributed by atoms with Crippen molar-refractivity contribution in [3.8, 4) is 0 Å². The molecule has 0 radical (unpaired) electrons. The van der Waals surface area contributed by atoms with Gasteiger partial charge in [0.25, 0.3) is 0 Å². The molecule has 0 aromatic rings. The van der Waals surface area contributed by atoms with Gasteiger partial charge in [0.2, 0.25) is 0 Å². The van der Waals surface area contributed by atoms with Crippen LogP contribution in [0.5, 0.6) is 0 Å². The minimum Gasteiger partial charge on any atom is -0.497 e. The second kappa shape index (κ2) is 17.0. The van der Waals surface area contributed by atoms with Crippen LogP contribution in [0.4, 0.5) is 0 Å². The molecule has 0 amide bonds.